The molecule has 0 spiro atoms. The Balaban J connectivity index is 1.33. The predicted octanol–water partition coefficient (Wildman–Crippen LogP) is 5.49. The summed E-state index contributed by atoms with van der Waals surface area (Å²) in [5.74, 6) is 1.50. The average molecular weight is 397 g/mol. The molecule has 4 rings (SSSR count). The summed E-state index contributed by atoms with van der Waals surface area (Å²) >= 11 is 3.54. The highest BCUT2D eigenvalue weighted by molar-refractivity contribution is 7.99. The van der Waals surface area contributed by atoms with E-state index >= 15 is 0 Å². The highest BCUT2D eigenvalue weighted by Gasteiger charge is 2.26. The molecule has 1 amide bonds. The van der Waals surface area contributed by atoms with Crippen LogP contribution in [0.5, 0.6) is 0 Å². The first-order chi connectivity index (χ1) is 13.2. The molecule has 5 heteroatoms. The van der Waals surface area contributed by atoms with E-state index in [1.165, 1.54) is 20.2 Å². The van der Waals surface area contributed by atoms with Gasteiger partial charge in [0.05, 0.1) is 15.2 Å². The number of benzene rings is 2. The second kappa shape index (κ2) is 8.44. The first-order valence-electron chi connectivity index (χ1n) is 9.52. The number of rotatable bonds is 5. The number of hydrogen-bond donors (Lipinski definition) is 0. The van der Waals surface area contributed by atoms with Crippen molar-refractivity contribution >= 4 is 39.2 Å². The number of thioether (sulfide) groups is 1. The molecule has 3 nitrogen and oxygen atoms in total. The third kappa shape index (κ3) is 4.53. The largest absolute Gasteiger partial charge is 0.342 e. The van der Waals surface area contributed by atoms with Gasteiger partial charge >= 0.3 is 0 Å². The van der Waals surface area contributed by atoms with Crippen LogP contribution in [0.15, 0.2) is 53.4 Å². The van der Waals surface area contributed by atoms with E-state index in [9.17, 15) is 4.79 Å². The summed E-state index contributed by atoms with van der Waals surface area (Å²) in [6, 6.07) is 16.8. The fraction of sp³-hybridized carbons (Fsp3) is 0.364. The molecule has 3 aromatic rings. The van der Waals surface area contributed by atoms with Gasteiger partial charge in [-0.2, -0.15) is 0 Å². The van der Waals surface area contributed by atoms with E-state index in [0.717, 1.165) is 37.2 Å². The number of nitrogens with zero attached hydrogens (tertiary/aromatic N) is 2. The molecule has 2 heterocycles. The van der Waals surface area contributed by atoms with Crippen molar-refractivity contribution in [3.05, 3.63) is 59.1 Å². The Kier molecular flexibility index (Phi) is 5.79. The normalized spacial score (nSPS) is 17.4. The minimum Gasteiger partial charge on any atom is -0.342 e. The second-order valence-corrected chi connectivity index (χ2v) is 9.34. The van der Waals surface area contributed by atoms with Crippen LogP contribution in [0.4, 0.5) is 0 Å². The maximum Gasteiger partial charge on any atom is 0.223 e. The minimum atomic E-state index is 0.278. The van der Waals surface area contributed by atoms with Gasteiger partial charge in [-0.05, 0) is 44.0 Å². The topological polar surface area (TPSA) is 33.2 Å². The smallest absolute Gasteiger partial charge is 0.223 e. The number of para-hydroxylation sites is 1. The van der Waals surface area contributed by atoms with E-state index in [0.29, 0.717) is 12.3 Å². The first kappa shape index (κ1) is 18.5. The van der Waals surface area contributed by atoms with Crippen molar-refractivity contribution in [3.8, 4) is 0 Å². The molecular weight excluding hydrogens is 372 g/mol. The summed E-state index contributed by atoms with van der Waals surface area (Å²) in [4.78, 5) is 20.8. The Bertz CT molecular complexity index is 886. The third-order valence-corrected chi connectivity index (χ3v) is 7.25. The Labute approximate surface area is 168 Å². The van der Waals surface area contributed by atoms with Gasteiger partial charge in [-0.3, -0.25) is 4.79 Å². The van der Waals surface area contributed by atoms with Crippen molar-refractivity contribution in [2.75, 3.05) is 18.8 Å². The summed E-state index contributed by atoms with van der Waals surface area (Å²) in [6.07, 6.45) is 2.80. The summed E-state index contributed by atoms with van der Waals surface area (Å²) in [5.41, 5.74) is 2.35. The summed E-state index contributed by atoms with van der Waals surface area (Å²) in [5, 5.41) is 1.18. The molecule has 0 radical (unpaired) electrons. The number of carbonyl (C=O) groups excluding carboxylic acids is 1. The number of aryl methyl sites for hydroxylation is 1. The van der Waals surface area contributed by atoms with Crippen molar-refractivity contribution in [1.82, 2.24) is 9.88 Å². The molecule has 0 aliphatic carbocycles. The van der Waals surface area contributed by atoms with Crippen LogP contribution in [0.25, 0.3) is 10.2 Å². The lowest BCUT2D eigenvalue weighted by Crippen LogP contribution is -2.39. The Morgan fingerprint density at radius 2 is 2.04 bits per heavy atom. The molecule has 0 N–H and O–H groups in total. The van der Waals surface area contributed by atoms with Crippen LogP contribution in [-0.2, 0) is 4.79 Å². The van der Waals surface area contributed by atoms with E-state index < -0.39 is 0 Å². The molecule has 1 aliphatic heterocycles. The number of piperidine rings is 1. The van der Waals surface area contributed by atoms with Gasteiger partial charge in [0.2, 0.25) is 5.91 Å². The average Bonchev–Trinajstić information content (AvgIpc) is 3.14. The number of aromatic nitrogens is 1. The lowest BCUT2D eigenvalue weighted by molar-refractivity contribution is -0.131. The number of amides is 1. The number of fused-ring (bicyclic) bond motifs is 1. The van der Waals surface area contributed by atoms with Crippen LogP contribution in [-0.4, -0.2) is 34.6 Å². The maximum atomic E-state index is 12.7. The van der Waals surface area contributed by atoms with Crippen LogP contribution < -0.4 is 0 Å². The van der Waals surface area contributed by atoms with Gasteiger partial charge in [-0.15, -0.1) is 23.1 Å². The third-order valence-electron chi connectivity index (χ3n) is 5.04. The van der Waals surface area contributed by atoms with E-state index in [4.69, 9.17) is 4.98 Å². The Morgan fingerprint density at radius 1 is 1.22 bits per heavy atom. The van der Waals surface area contributed by atoms with Crippen molar-refractivity contribution in [2.24, 2.45) is 0 Å². The molecule has 140 valence electrons. The fourth-order valence-corrected chi connectivity index (χ4v) is 5.45. The van der Waals surface area contributed by atoms with Gasteiger partial charge in [-0.25, -0.2) is 4.98 Å². The molecule has 1 saturated heterocycles. The lowest BCUT2D eigenvalue weighted by Gasteiger charge is -2.32. The molecule has 1 fully saturated rings. The van der Waals surface area contributed by atoms with Crippen LogP contribution >= 0.6 is 23.1 Å². The summed E-state index contributed by atoms with van der Waals surface area (Å²) in [7, 11) is 0. The molecular formula is C22H24N2OS2. The molecule has 0 bridgehead atoms. The van der Waals surface area contributed by atoms with Gasteiger partial charge < -0.3 is 4.90 Å². The lowest BCUT2D eigenvalue weighted by atomic mass is 9.98. The van der Waals surface area contributed by atoms with Crippen LogP contribution in [0.3, 0.4) is 0 Å². The minimum absolute atomic E-state index is 0.278. The second-order valence-electron chi connectivity index (χ2n) is 7.11. The maximum absolute atomic E-state index is 12.7. The predicted molar refractivity (Wildman–Crippen MR) is 115 cm³/mol. The Morgan fingerprint density at radius 3 is 2.85 bits per heavy atom. The van der Waals surface area contributed by atoms with Gasteiger partial charge in [0.15, 0.2) is 0 Å². The molecule has 2 aromatic carbocycles. The van der Waals surface area contributed by atoms with Crippen LogP contribution in [0.1, 0.15) is 35.8 Å². The molecule has 0 saturated carbocycles. The van der Waals surface area contributed by atoms with Gasteiger partial charge in [-0.1, -0.05) is 29.8 Å². The van der Waals surface area contributed by atoms with Crippen LogP contribution in [0.2, 0.25) is 0 Å². The van der Waals surface area contributed by atoms with E-state index in [1.54, 1.807) is 23.1 Å². The monoisotopic (exact) mass is 396 g/mol. The number of carbonyl (C=O) groups is 1. The zero-order valence-corrected chi connectivity index (χ0v) is 17.2. The standard InChI is InChI=1S/C22H24N2OS2/c1-16-8-10-18(11-9-16)26-14-12-21(25)24-13-4-5-17(15-24)22-23-19-6-2-3-7-20(19)27-22/h2-3,6-11,17H,4-5,12-15H2,1H3/t17-/m1/s1. The van der Waals surface area contributed by atoms with Crippen molar-refractivity contribution < 1.29 is 4.79 Å². The van der Waals surface area contributed by atoms with Crippen molar-refractivity contribution in [3.63, 3.8) is 0 Å². The number of likely N-dealkylation sites (tertiary alicyclic amines) is 1. The van der Waals surface area contributed by atoms with Crippen molar-refractivity contribution in [2.45, 2.75) is 37.0 Å². The molecule has 1 aliphatic rings. The molecule has 1 aromatic heterocycles. The molecule has 1 atom stereocenters. The quantitative estimate of drug-likeness (QED) is 0.534. The fourth-order valence-electron chi connectivity index (χ4n) is 3.52. The van der Waals surface area contributed by atoms with Gasteiger partial charge in [0, 0.05) is 36.1 Å². The SMILES string of the molecule is Cc1ccc(SCCC(=O)N2CCC[C@@H](c3nc4ccccc4s3)C2)cc1. The van der Waals surface area contributed by atoms with Crippen molar-refractivity contribution in [1.29, 1.82) is 0 Å². The first-order valence-corrected chi connectivity index (χ1v) is 11.3. The molecule has 27 heavy (non-hydrogen) atoms. The van der Waals surface area contributed by atoms with E-state index in [-0.39, 0.29) is 5.91 Å². The van der Waals surface area contributed by atoms with E-state index in [1.807, 2.05) is 6.07 Å². The highest BCUT2D eigenvalue weighted by Crippen LogP contribution is 2.33. The van der Waals surface area contributed by atoms with Crippen LogP contribution in [0, 0.1) is 6.92 Å². The zero-order chi connectivity index (χ0) is 18.6. The van der Waals surface area contributed by atoms with E-state index in [2.05, 4.69) is 54.3 Å². The summed E-state index contributed by atoms with van der Waals surface area (Å²) < 4.78 is 1.24. The number of hydrogen-bond acceptors (Lipinski definition) is 4. The van der Waals surface area contributed by atoms with Gasteiger partial charge in [0.25, 0.3) is 0 Å². The highest BCUT2D eigenvalue weighted by atomic mass is 32.2. The Hall–Kier alpha value is -1.85. The summed E-state index contributed by atoms with van der Waals surface area (Å²) in [6.45, 7) is 3.79. The van der Waals surface area contributed by atoms with Gasteiger partial charge in [0.1, 0.15) is 0 Å². The zero-order valence-electron chi connectivity index (χ0n) is 15.6. The molecule has 0 unspecified atom stereocenters. The number of thiazole rings is 1.